The molecule has 2 saturated heterocycles. The number of nitrogens with one attached hydrogen (secondary N) is 1. The van der Waals surface area contributed by atoms with Crippen LogP contribution in [0.5, 0.6) is 0 Å². The fourth-order valence-corrected chi connectivity index (χ4v) is 4.55. The third kappa shape index (κ3) is 18.4. The van der Waals surface area contributed by atoms with E-state index < -0.39 is 80.7 Å². The standard InChI is InChI=1S/C26H45NO14.4Ac/c1-3-11-38-26(35)27-18-23(41-25-22(34)21(33)19(31)15(13-28)40-25)20(32)16(14-29)39-24(18)37-12-9-7-5-4-6-8-10-17(30)36-2;;;;/h3,15-16,18-25,28-29,31-34H,1,4-14H2,2H3,(H,27,35);;;;/t15?,16?,18?,19-,20-,21?,22?,23?,24+,25-;;;;/m0..../s1. The van der Waals surface area contributed by atoms with Gasteiger partial charge in [0.25, 0.3) is 0 Å². The second kappa shape index (κ2) is 30.3. The third-order valence-electron chi connectivity index (χ3n) is 6.90. The fraction of sp³-hybridized carbons (Fsp3) is 0.846. The summed E-state index contributed by atoms with van der Waals surface area (Å²) in [6, 6.07) is -1.24. The van der Waals surface area contributed by atoms with Gasteiger partial charge in [0, 0.05) is 189 Å². The Morgan fingerprint density at radius 1 is 0.800 bits per heavy atom. The van der Waals surface area contributed by atoms with Crippen LogP contribution >= 0.6 is 0 Å². The molecular formula is C26H45Ac4NO14. The summed E-state index contributed by atoms with van der Waals surface area (Å²) in [5.74, 6) is -0.234. The van der Waals surface area contributed by atoms with Gasteiger partial charge >= 0.3 is 12.1 Å². The minimum atomic E-state index is -1.78. The molecule has 15 nitrogen and oxygen atoms in total. The number of hydrogen-bond acceptors (Lipinski definition) is 14. The van der Waals surface area contributed by atoms with Crippen LogP contribution in [0.3, 0.4) is 0 Å². The summed E-state index contributed by atoms with van der Waals surface area (Å²) < 4.78 is 32.4. The monoisotopic (exact) mass is 1500 g/mol. The van der Waals surface area contributed by atoms with Crippen molar-refractivity contribution in [3.05, 3.63) is 12.7 Å². The van der Waals surface area contributed by atoms with Crippen LogP contribution in [0.25, 0.3) is 0 Å². The first kappa shape index (κ1) is 53.2. The number of rotatable bonds is 17. The van der Waals surface area contributed by atoms with Gasteiger partial charge in [0.15, 0.2) is 12.6 Å². The summed E-state index contributed by atoms with van der Waals surface area (Å²) >= 11 is 0. The van der Waals surface area contributed by atoms with Crippen molar-refractivity contribution in [2.45, 2.75) is 106 Å². The van der Waals surface area contributed by atoms with Gasteiger partial charge in [0.2, 0.25) is 0 Å². The van der Waals surface area contributed by atoms with E-state index in [0.29, 0.717) is 12.8 Å². The largest absolute Gasteiger partial charge is 0.469 e. The molecule has 45 heavy (non-hydrogen) atoms. The quantitative estimate of drug-likeness (QED) is 0.0499. The van der Waals surface area contributed by atoms with E-state index in [-0.39, 0.29) is 195 Å². The molecule has 19 heteroatoms. The number of hydrogen-bond donors (Lipinski definition) is 7. The molecule has 0 spiro atoms. The molecule has 0 saturated carbocycles. The maximum absolute atomic E-state index is 12.4. The molecule has 10 atom stereocenters. The summed E-state index contributed by atoms with van der Waals surface area (Å²) in [5, 5.41) is 63.4. The van der Waals surface area contributed by atoms with Crippen LogP contribution in [-0.2, 0) is 33.2 Å². The molecule has 2 aliphatic heterocycles. The Morgan fingerprint density at radius 2 is 1.36 bits per heavy atom. The molecule has 2 heterocycles. The smallest absolute Gasteiger partial charge is 0.407 e. The number of carbonyl (C=O) groups excluding carboxylic acids is 2. The molecule has 2 aliphatic rings. The number of unbranched alkanes of at least 4 members (excludes halogenated alkanes) is 5. The van der Waals surface area contributed by atoms with Crippen molar-refractivity contribution < 1.29 is 245 Å². The molecule has 0 aliphatic carbocycles. The van der Waals surface area contributed by atoms with Crippen molar-refractivity contribution in [1.82, 2.24) is 5.32 Å². The minimum Gasteiger partial charge on any atom is -0.469 e. The number of methoxy groups -OCH3 is 1. The molecule has 250 valence electrons. The van der Waals surface area contributed by atoms with E-state index in [9.17, 15) is 40.2 Å². The maximum Gasteiger partial charge on any atom is 0.407 e. The van der Waals surface area contributed by atoms with Gasteiger partial charge in [-0.2, -0.15) is 0 Å². The van der Waals surface area contributed by atoms with Crippen LogP contribution < -0.4 is 5.32 Å². The van der Waals surface area contributed by atoms with Gasteiger partial charge in [0.05, 0.1) is 20.3 Å². The van der Waals surface area contributed by atoms with Gasteiger partial charge in [-0.15, -0.1) is 0 Å². The summed E-state index contributed by atoms with van der Waals surface area (Å²) in [6.45, 7) is 2.20. The normalized spacial score (nSPS) is 30.6. The summed E-state index contributed by atoms with van der Waals surface area (Å²) in [5.41, 5.74) is 0. The Hall–Kier alpha value is 3.85. The molecule has 1 amide bonds. The van der Waals surface area contributed by atoms with E-state index in [2.05, 4.69) is 16.6 Å². The number of esters is 1. The number of carbonyl (C=O) groups is 2. The van der Waals surface area contributed by atoms with Crippen LogP contribution in [0.1, 0.15) is 44.9 Å². The van der Waals surface area contributed by atoms with E-state index >= 15 is 0 Å². The summed E-state index contributed by atoms with van der Waals surface area (Å²) in [6.07, 6.45) is -7.84. The van der Waals surface area contributed by atoms with Crippen molar-refractivity contribution in [2.75, 3.05) is 33.5 Å². The number of alkyl carbamates (subject to hydrolysis) is 1. The van der Waals surface area contributed by atoms with E-state index in [1.54, 1.807) is 0 Å². The van der Waals surface area contributed by atoms with E-state index in [1.165, 1.54) is 13.2 Å². The molecule has 6 unspecified atom stereocenters. The predicted molar refractivity (Wildman–Crippen MR) is 139 cm³/mol. The first-order chi connectivity index (χ1) is 19.7. The SMILES string of the molecule is C=CCOC(=O)NC1C(O[C@@H]2OC(CO)[C@H](O)C(O)C2O)[C@@H](O)C(CO)O[C@H]1OCCCCCCCCC(=O)OC.[Ac].[Ac].[Ac].[Ac]. The fourth-order valence-electron chi connectivity index (χ4n) is 4.55. The van der Waals surface area contributed by atoms with Gasteiger partial charge < -0.3 is 64.4 Å². The van der Waals surface area contributed by atoms with Crippen molar-refractivity contribution in [3.8, 4) is 0 Å². The van der Waals surface area contributed by atoms with E-state index in [1.807, 2.05) is 0 Å². The maximum atomic E-state index is 12.4. The second-order valence-corrected chi connectivity index (χ2v) is 9.89. The summed E-state index contributed by atoms with van der Waals surface area (Å²) in [4.78, 5) is 23.6. The topological polar surface area (TPSA) is 223 Å². The average molecular weight is 1500 g/mol. The molecule has 0 bridgehead atoms. The number of ether oxygens (including phenoxy) is 6. The van der Waals surface area contributed by atoms with Crippen LogP contribution in [-0.4, -0.2) is 138 Å². The van der Waals surface area contributed by atoms with Crippen molar-refractivity contribution in [2.24, 2.45) is 0 Å². The Balaban J connectivity index is -0.00000441. The Kier molecular flexibility index (Phi) is 35.8. The van der Waals surface area contributed by atoms with E-state index in [4.69, 9.17) is 23.7 Å². The molecular weight excluding hydrogens is 1460 g/mol. The van der Waals surface area contributed by atoms with Crippen LogP contribution in [0.4, 0.5) is 4.79 Å². The minimum absolute atomic E-state index is 0. The van der Waals surface area contributed by atoms with Gasteiger partial charge in [-0.05, 0) is 12.8 Å². The number of aliphatic hydroxyl groups is 6. The van der Waals surface area contributed by atoms with Crippen molar-refractivity contribution in [1.29, 1.82) is 0 Å². The zero-order chi connectivity index (χ0) is 30.4. The first-order valence-corrected chi connectivity index (χ1v) is 13.8. The molecule has 0 aromatic rings. The van der Waals surface area contributed by atoms with Crippen molar-refractivity contribution in [3.63, 3.8) is 0 Å². The zero-order valence-corrected chi connectivity index (χ0v) is 44.6. The predicted octanol–water partition coefficient (Wildman–Crippen LogP) is -1.55. The Morgan fingerprint density at radius 3 is 1.93 bits per heavy atom. The van der Waals surface area contributed by atoms with Gasteiger partial charge in [0.1, 0.15) is 55.4 Å². The molecule has 0 aromatic heterocycles. The van der Waals surface area contributed by atoms with Crippen LogP contribution in [0.2, 0.25) is 0 Å². The number of amides is 1. The summed E-state index contributed by atoms with van der Waals surface area (Å²) in [7, 11) is 1.36. The molecule has 7 N–H and O–H groups in total. The van der Waals surface area contributed by atoms with Crippen molar-refractivity contribution >= 4 is 12.1 Å². The Bertz CT molecular complexity index is 805. The zero-order valence-electron chi connectivity index (χ0n) is 25.6. The van der Waals surface area contributed by atoms with Gasteiger partial charge in [-0.25, -0.2) is 4.79 Å². The number of aliphatic hydroxyl groups excluding tert-OH is 6. The van der Waals surface area contributed by atoms with Crippen LogP contribution in [0, 0.1) is 176 Å². The second-order valence-electron chi connectivity index (χ2n) is 9.89. The molecule has 2 rings (SSSR count). The molecule has 2 fully saturated rings. The van der Waals surface area contributed by atoms with Gasteiger partial charge in [-0.1, -0.05) is 38.3 Å². The average Bonchev–Trinajstić information content (AvgIpc) is 2.97. The molecule has 0 aromatic carbocycles. The molecule has 4 radical (unpaired) electrons. The van der Waals surface area contributed by atoms with Crippen LogP contribution in [0.15, 0.2) is 12.7 Å². The Labute approximate surface area is 407 Å². The third-order valence-corrected chi connectivity index (χ3v) is 6.90. The first-order valence-electron chi connectivity index (χ1n) is 13.8. The van der Waals surface area contributed by atoms with Gasteiger partial charge in [-0.3, -0.25) is 4.79 Å². The van der Waals surface area contributed by atoms with E-state index in [0.717, 1.165) is 32.1 Å².